The molecule has 1 unspecified atom stereocenters. The average Bonchev–Trinajstić information content (AvgIpc) is 3.42. The number of methoxy groups -OCH3 is 5. The van der Waals surface area contributed by atoms with Crippen molar-refractivity contribution in [1.29, 1.82) is 0 Å². The van der Waals surface area contributed by atoms with Crippen molar-refractivity contribution in [2.75, 3.05) is 55.7 Å². The summed E-state index contributed by atoms with van der Waals surface area (Å²) < 4.78 is 33.5. The van der Waals surface area contributed by atoms with E-state index in [1.165, 1.54) is 0 Å². The number of allylic oxidation sites excluding steroid dienone is 2. The van der Waals surface area contributed by atoms with Crippen LogP contribution in [-0.2, 0) is 9.53 Å². The fourth-order valence-electron chi connectivity index (χ4n) is 5.05. The van der Waals surface area contributed by atoms with Crippen LogP contribution in [0.25, 0.3) is 17.2 Å². The Morgan fingerprint density at radius 1 is 0.892 bits per heavy atom. The van der Waals surface area contributed by atoms with Crippen molar-refractivity contribution in [1.82, 2.24) is 4.90 Å². The van der Waals surface area contributed by atoms with Crippen LogP contribution in [0.2, 0.25) is 0 Å². The maximum absolute atomic E-state index is 13.0. The smallest absolute Gasteiger partial charge is 0.310 e. The second-order valence-corrected chi connectivity index (χ2v) is 9.21. The highest BCUT2D eigenvalue weighted by Crippen LogP contribution is 2.48. The van der Waals surface area contributed by atoms with Gasteiger partial charge in [-0.05, 0) is 84.1 Å². The highest BCUT2D eigenvalue weighted by atomic mass is 16.5. The van der Waals surface area contributed by atoms with E-state index in [4.69, 9.17) is 28.4 Å². The Balaban J connectivity index is 1.79. The number of hydrogen-bond donors (Lipinski definition) is 0. The number of benzene rings is 2. The molecule has 0 aromatic heterocycles. The van der Waals surface area contributed by atoms with Gasteiger partial charge in [0.25, 0.3) is 0 Å². The summed E-state index contributed by atoms with van der Waals surface area (Å²) in [7, 11) is 10.0. The number of rotatable bonds is 9. The Hall–Kier alpha value is -3.65. The number of ether oxygens (including phenoxy) is 6. The summed E-state index contributed by atoms with van der Waals surface area (Å²) >= 11 is 0. The zero-order valence-corrected chi connectivity index (χ0v) is 22.6. The van der Waals surface area contributed by atoms with Crippen LogP contribution in [0.1, 0.15) is 36.5 Å². The maximum Gasteiger partial charge on any atom is 0.310 e. The van der Waals surface area contributed by atoms with Crippen LogP contribution in [0.5, 0.6) is 28.7 Å². The molecular weight excluding hydrogens is 474 g/mol. The summed E-state index contributed by atoms with van der Waals surface area (Å²) in [4.78, 5) is 15.2. The molecule has 37 heavy (non-hydrogen) atoms. The van der Waals surface area contributed by atoms with Gasteiger partial charge in [-0.25, -0.2) is 0 Å². The monoisotopic (exact) mass is 509 g/mol. The van der Waals surface area contributed by atoms with Gasteiger partial charge in [0, 0.05) is 13.1 Å². The van der Waals surface area contributed by atoms with Crippen molar-refractivity contribution in [3.05, 3.63) is 46.5 Å². The molecule has 1 fully saturated rings. The third kappa shape index (κ3) is 5.25. The Labute approximate surface area is 218 Å². The molecule has 2 aliphatic rings. The molecule has 2 aromatic carbocycles. The Bertz CT molecular complexity index is 1220. The van der Waals surface area contributed by atoms with Gasteiger partial charge in [0.1, 0.15) is 6.10 Å². The lowest BCUT2D eigenvalue weighted by Crippen LogP contribution is -2.22. The summed E-state index contributed by atoms with van der Waals surface area (Å²) in [6.07, 6.45) is 3.00. The summed E-state index contributed by atoms with van der Waals surface area (Å²) in [5.41, 5.74) is 5.60. The van der Waals surface area contributed by atoms with E-state index in [2.05, 4.69) is 11.0 Å². The van der Waals surface area contributed by atoms with Crippen molar-refractivity contribution in [3.63, 3.8) is 0 Å². The van der Waals surface area contributed by atoms with Gasteiger partial charge >= 0.3 is 5.97 Å². The third-order valence-corrected chi connectivity index (χ3v) is 6.96. The van der Waals surface area contributed by atoms with Crippen LogP contribution in [0.3, 0.4) is 0 Å². The van der Waals surface area contributed by atoms with E-state index in [0.29, 0.717) is 28.7 Å². The Morgan fingerprint density at radius 2 is 1.49 bits per heavy atom. The van der Waals surface area contributed by atoms with Gasteiger partial charge in [-0.2, -0.15) is 0 Å². The predicted molar refractivity (Wildman–Crippen MR) is 143 cm³/mol. The van der Waals surface area contributed by atoms with Gasteiger partial charge in [0.2, 0.25) is 5.75 Å². The van der Waals surface area contributed by atoms with Crippen molar-refractivity contribution in [2.24, 2.45) is 0 Å². The lowest BCUT2D eigenvalue weighted by molar-refractivity contribution is -0.147. The van der Waals surface area contributed by atoms with Crippen molar-refractivity contribution in [3.8, 4) is 28.7 Å². The molecule has 4 rings (SSSR count). The van der Waals surface area contributed by atoms with Gasteiger partial charge in [0.15, 0.2) is 23.0 Å². The maximum atomic E-state index is 13.0. The number of hydrogen-bond acceptors (Lipinski definition) is 8. The summed E-state index contributed by atoms with van der Waals surface area (Å²) in [6.45, 7) is 3.72. The lowest BCUT2D eigenvalue weighted by Gasteiger charge is -2.14. The molecule has 0 bridgehead atoms. The van der Waals surface area contributed by atoms with E-state index in [0.717, 1.165) is 52.9 Å². The first kappa shape index (κ1) is 26.4. The topological polar surface area (TPSA) is 75.7 Å². The quantitative estimate of drug-likeness (QED) is 0.451. The first-order valence-corrected chi connectivity index (χ1v) is 12.2. The van der Waals surface area contributed by atoms with Crippen molar-refractivity contribution in [2.45, 2.75) is 25.9 Å². The van der Waals surface area contributed by atoms with Crippen LogP contribution < -0.4 is 23.7 Å². The van der Waals surface area contributed by atoms with E-state index >= 15 is 0 Å². The minimum atomic E-state index is -0.232. The Kier molecular flexibility index (Phi) is 7.97. The number of esters is 1. The fourth-order valence-corrected chi connectivity index (χ4v) is 5.05. The van der Waals surface area contributed by atoms with E-state index in [1.807, 2.05) is 38.2 Å². The number of likely N-dealkylation sites (N-methyl/N-ethyl adjacent to an activating group) is 1. The minimum absolute atomic E-state index is 0.0704. The molecular formula is C29H35NO7. The van der Waals surface area contributed by atoms with Crippen LogP contribution in [-0.4, -0.2) is 72.7 Å². The molecule has 0 amide bonds. The van der Waals surface area contributed by atoms with Gasteiger partial charge in [-0.15, -0.1) is 0 Å². The number of nitrogens with zero attached hydrogens (tertiary/aromatic N) is 1. The van der Waals surface area contributed by atoms with Gasteiger partial charge in [0.05, 0.1) is 42.0 Å². The molecule has 0 radical (unpaired) electrons. The van der Waals surface area contributed by atoms with Crippen LogP contribution >= 0.6 is 0 Å². The first-order chi connectivity index (χ1) is 17.8. The number of carbonyl (C=O) groups excluding carboxylic acids is 1. The number of fused-ring (bicyclic) bond motifs is 1. The van der Waals surface area contributed by atoms with Crippen LogP contribution in [0, 0.1) is 0 Å². The highest BCUT2D eigenvalue weighted by molar-refractivity contribution is 6.08. The number of likely N-dealkylation sites (tertiary alicyclic amines) is 1. The van der Waals surface area contributed by atoms with Crippen molar-refractivity contribution >= 4 is 23.2 Å². The highest BCUT2D eigenvalue weighted by Gasteiger charge is 2.30. The molecule has 1 heterocycles. The van der Waals surface area contributed by atoms with Gasteiger partial charge < -0.3 is 33.3 Å². The zero-order chi connectivity index (χ0) is 26.7. The normalized spacial score (nSPS) is 18.1. The number of carbonyl (C=O) groups is 1. The molecule has 1 atom stereocenters. The predicted octanol–water partition coefficient (Wildman–Crippen LogP) is 4.69. The fraction of sp³-hybridized carbons (Fsp3) is 0.414. The molecule has 1 aliphatic heterocycles. The van der Waals surface area contributed by atoms with Gasteiger partial charge in [-0.3, -0.25) is 4.79 Å². The lowest BCUT2D eigenvalue weighted by atomic mass is 9.99. The van der Waals surface area contributed by atoms with Crippen LogP contribution in [0.4, 0.5) is 0 Å². The molecule has 8 nitrogen and oxygen atoms in total. The molecule has 0 spiro atoms. The summed E-state index contributed by atoms with van der Waals surface area (Å²) in [6, 6.07) is 7.67. The minimum Gasteiger partial charge on any atom is -0.493 e. The van der Waals surface area contributed by atoms with Crippen molar-refractivity contribution < 1.29 is 33.2 Å². The molecule has 2 aromatic rings. The Morgan fingerprint density at radius 3 is 2.00 bits per heavy atom. The van der Waals surface area contributed by atoms with E-state index in [9.17, 15) is 4.79 Å². The molecule has 198 valence electrons. The standard InChI is InChI=1S/C29H35NO7/c1-17-20(10-18-11-26(34-5)29(36-7)27(12-18)35-6)22-13-24(32-3)25(33-4)14-23(22)21(17)15-28(31)37-19-8-9-30(2)16-19/h10-14,19H,8-9,15-16H2,1-7H3/b20-10-. The first-order valence-electron chi connectivity index (χ1n) is 12.2. The third-order valence-electron chi connectivity index (χ3n) is 6.96. The van der Waals surface area contributed by atoms with E-state index in [1.54, 1.807) is 35.5 Å². The molecule has 0 N–H and O–H groups in total. The SMILES string of the molecule is COc1cc2c(cc1OC)/C(=C\c1cc(OC)c(OC)c(OC)c1)C(C)=C2CC(=O)OC1CCN(C)C1. The second-order valence-electron chi connectivity index (χ2n) is 9.21. The zero-order valence-electron chi connectivity index (χ0n) is 22.6. The summed E-state index contributed by atoms with van der Waals surface area (Å²) in [5, 5.41) is 0. The summed E-state index contributed by atoms with van der Waals surface area (Å²) in [5.74, 6) is 2.63. The second kappa shape index (κ2) is 11.2. The molecule has 1 saturated heterocycles. The van der Waals surface area contributed by atoms with E-state index < -0.39 is 0 Å². The van der Waals surface area contributed by atoms with Gasteiger partial charge in [-0.1, -0.05) is 0 Å². The molecule has 1 aliphatic carbocycles. The largest absolute Gasteiger partial charge is 0.493 e. The molecule has 0 saturated carbocycles. The average molecular weight is 510 g/mol. The van der Waals surface area contributed by atoms with E-state index in [-0.39, 0.29) is 18.5 Å². The van der Waals surface area contributed by atoms with Crippen LogP contribution in [0.15, 0.2) is 29.8 Å². The molecule has 8 heteroatoms.